The van der Waals surface area contributed by atoms with Crippen molar-refractivity contribution in [2.24, 2.45) is 0 Å². The Morgan fingerprint density at radius 2 is 2.12 bits per heavy atom. The van der Waals surface area contributed by atoms with E-state index in [1.165, 1.54) is 18.6 Å². The van der Waals surface area contributed by atoms with Crippen LogP contribution in [0.4, 0.5) is 8.78 Å². The number of halogens is 3. The molecule has 4 heteroatoms. The van der Waals surface area contributed by atoms with E-state index in [2.05, 4.69) is 4.90 Å². The Morgan fingerprint density at radius 1 is 1.29 bits per heavy atom. The molecule has 0 spiro atoms. The zero-order valence-electron chi connectivity index (χ0n) is 9.63. The van der Waals surface area contributed by atoms with E-state index in [0.717, 1.165) is 25.5 Å². The van der Waals surface area contributed by atoms with Crippen LogP contribution in [-0.4, -0.2) is 23.4 Å². The molecule has 94 valence electrons. The minimum atomic E-state index is -0.388. The number of rotatable bonds is 3. The molecule has 1 saturated heterocycles. The van der Waals surface area contributed by atoms with Gasteiger partial charge in [-0.1, -0.05) is 6.42 Å². The number of likely N-dealkylation sites (tertiary alicyclic amines) is 1. The van der Waals surface area contributed by atoms with Crippen LogP contribution in [0.5, 0.6) is 0 Å². The summed E-state index contributed by atoms with van der Waals surface area (Å²) in [7, 11) is 0. The molecule has 1 unspecified atom stereocenters. The highest BCUT2D eigenvalue weighted by atomic mass is 35.5. The summed E-state index contributed by atoms with van der Waals surface area (Å²) >= 11 is 5.90. The molecule has 0 aliphatic carbocycles. The third-order valence-corrected chi connectivity index (χ3v) is 3.66. The zero-order chi connectivity index (χ0) is 12.3. The molecule has 0 radical (unpaired) electrons. The maximum absolute atomic E-state index is 13.5. The van der Waals surface area contributed by atoms with Gasteiger partial charge in [0.15, 0.2) is 0 Å². The molecular formula is C13H16ClF2N. The number of nitrogens with zero attached hydrogens (tertiary/aromatic N) is 1. The second kappa shape index (κ2) is 5.78. The van der Waals surface area contributed by atoms with Crippen LogP contribution in [0.15, 0.2) is 18.2 Å². The van der Waals surface area contributed by atoms with E-state index in [1.807, 2.05) is 0 Å². The van der Waals surface area contributed by atoms with Crippen LogP contribution in [0.25, 0.3) is 0 Å². The van der Waals surface area contributed by atoms with Crippen molar-refractivity contribution in [1.29, 1.82) is 0 Å². The average Bonchev–Trinajstić information content (AvgIpc) is 2.34. The maximum Gasteiger partial charge on any atom is 0.127 e. The molecule has 0 amide bonds. The van der Waals surface area contributed by atoms with Crippen LogP contribution >= 0.6 is 11.6 Å². The molecular weight excluding hydrogens is 244 g/mol. The fourth-order valence-corrected chi connectivity index (χ4v) is 2.68. The van der Waals surface area contributed by atoms with Crippen LogP contribution in [0, 0.1) is 11.6 Å². The first kappa shape index (κ1) is 12.8. The van der Waals surface area contributed by atoms with Crippen molar-refractivity contribution >= 4 is 11.6 Å². The number of hydrogen-bond donors (Lipinski definition) is 0. The molecule has 1 aromatic carbocycles. The number of hydrogen-bond acceptors (Lipinski definition) is 1. The van der Waals surface area contributed by atoms with Gasteiger partial charge in [-0.15, -0.1) is 11.6 Å². The molecule has 1 nitrogen and oxygen atoms in total. The van der Waals surface area contributed by atoms with Gasteiger partial charge in [0.25, 0.3) is 0 Å². The Balaban J connectivity index is 2.10. The highest BCUT2D eigenvalue weighted by Gasteiger charge is 2.22. The van der Waals surface area contributed by atoms with Crippen molar-refractivity contribution in [3.8, 4) is 0 Å². The Morgan fingerprint density at radius 3 is 2.88 bits per heavy atom. The van der Waals surface area contributed by atoms with Crippen molar-refractivity contribution in [3.05, 3.63) is 35.4 Å². The minimum Gasteiger partial charge on any atom is -0.295 e. The summed E-state index contributed by atoms with van der Waals surface area (Å²) in [5.41, 5.74) is 0.419. The van der Waals surface area contributed by atoms with E-state index in [-0.39, 0.29) is 17.7 Å². The summed E-state index contributed by atoms with van der Waals surface area (Å²) in [5.74, 6) is -0.178. The lowest BCUT2D eigenvalue weighted by atomic mass is 10.0. The molecule has 0 bridgehead atoms. The molecule has 2 rings (SSSR count). The van der Waals surface area contributed by atoms with E-state index < -0.39 is 0 Å². The van der Waals surface area contributed by atoms with Crippen molar-refractivity contribution in [2.75, 3.05) is 12.4 Å². The van der Waals surface area contributed by atoms with Crippen molar-refractivity contribution in [1.82, 2.24) is 4.90 Å². The van der Waals surface area contributed by atoms with Crippen LogP contribution in [-0.2, 0) is 6.54 Å². The van der Waals surface area contributed by atoms with Gasteiger partial charge >= 0.3 is 0 Å². The molecule has 0 saturated carbocycles. The highest BCUT2D eigenvalue weighted by molar-refractivity contribution is 6.18. The summed E-state index contributed by atoms with van der Waals surface area (Å²) in [4.78, 5) is 2.15. The molecule has 1 atom stereocenters. The Hall–Kier alpha value is -0.670. The summed E-state index contributed by atoms with van der Waals surface area (Å²) < 4.78 is 26.6. The van der Waals surface area contributed by atoms with E-state index in [9.17, 15) is 8.78 Å². The lowest BCUT2D eigenvalue weighted by Crippen LogP contribution is -2.40. The SMILES string of the molecule is Fc1ccc(F)c(CN2CCCCC2CCl)c1. The minimum absolute atomic E-state index is 0.285. The monoisotopic (exact) mass is 259 g/mol. The molecule has 1 aliphatic rings. The molecule has 1 aliphatic heterocycles. The summed E-state index contributed by atoms with van der Waals surface area (Å²) in [6.45, 7) is 1.36. The molecule has 17 heavy (non-hydrogen) atoms. The second-order valence-electron chi connectivity index (χ2n) is 4.51. The predicted octanol–water partition coefficient (Wildman–Crippen LogP) is 3.56. The smallest absolute Gasteiger partial charge is 0.127 e. The molecule has 0 aromatic heterocycles. The third-order valence-electron chi connectivity index (χ3n) is 3.31. The Kier molecular flexibility index (Phi) is 4.35. The third kappa shape index (κ3) is 3.17. The van der Waals surface area contributed by atoms with Crippen LogP contribution in [0.1, 0.15) is 24.8 Å². The van der Waals surface area contributed by atoms with E-state index in [1.54, 1.807) is 0 Å². The lowest BCUT2D eigenvalue weighted by molar-refractivity contribution is 0.153. The fourth-order valence-electron chi connectivity index (χ4n) is 2.33. The number of piperidine rings is 1. The number of alkyl halides is 1. The van der Waals surface area contributed by atoms with E-state index in [0.29, 0.717) is 18.0 Å². The predicted molar refractivity (Wildman–Crippen MR) is 65.1 cm³/mol. The average molecular weight is 260 g/mol. The van der Waals surface area contributed by atoms with E-state index in [4.69, 9.17) is 11.6 Å². The molecule has 1 aromatic rings. The van der Waals surface area contributed by atoms with Gasteiger partial charge in [0.1, 0.15) is 11.6 Å². The van der Waals surface area contributed by atoms with Gasteiger partial charge < -0.3 is 0 Å². The van der Waals surface area contributed by atoms with Gasteiger partial charge in [0.05, 0.1) is 0 Å². The zero-order valence-corrected chi connectivity index (χ0v) is 10.4. The number of benzene rings is 1. The first-order chi connectivity index (χ1) is 8.20. The Bertz CT molecular complexity index is 384. The van der Waals surface area contributed by atoms with Gasteiger partial charge in [-0.25, -0.2) is 8.78 Å². The van der Waals surface area contributed by atoms with Crippen LogP contribution in [0.3, 0.4) is 0 Å². The Labute approximate surface area is 105 Å². The summed E-state index contributed by atoms with van der Waals surface area (Å²) in [6.07, 6.45) is 3.31. The van der Waals surface area contributed by atoms with E-state index >= 15 is 0 Å². The lowest BCUT2D eigenvalue weighted by Gasteiger charge is -2.34. The largest absolute Gasteiger partial charge is 0.295 e. The quantitative estimate of drug-likeness (QED) is 0.751. The second-order valence-corrected chi connectivity index (χ2v) is 4.82. The van der Waals surface area contributed by atoms with Gasteiger partial charge in [0, 0.05) is 24.0 Å². The maximum atomic E-state index is 13.5. The van der Waals surface area contributed by atoms with Crippen LogP contribution < -0.4 is 0 Å². The first-order valence-electron chi connectivity index (χ1n) is 5.94. The van der Waals surface area contributed by atoms with Gasteiger partial charge in [0.2, 0.25) is 0 Å². The standard InChI is InChI=1S/C13H16ClF2N/c14-8-12-3-1-2-6-17(12)9-10-7-11(15)4-5-13(10)16/h4-5,7,12H,1-3,6,8-9H2. The van der Waals surface area contributed by atoms with Gasteiger partial charge in [-0.3, -0.25) is 4.90 Å². The molecule has 0 N–H and O–H groups in total. The van der Waals surface area contributed by atoms with Crippen molar-refractivity contribution in [3.63, 3.8) is 0 Å². The summed E-state index contributed by atoms with van der Waals surface area (Å²) in [5, 5.41) is 0. The van der Waals surface area contributed by atoms with Gasteiger partial charge in [-0.05, 0) is 37.6 Å². The normalized spacial score (nSPS) is 21.7. The molecule has 1 heterocycles. The van der Waals surface area contributed by atoms with Crippen LogP contribution in [0.2, 0.25) is 0 Å². The van der Waals surface area contributed by atoms with Gasteiger partial charge in [-0.2, -0.15) is 0 Å². The topological polar surface area (TPSA) is 3.24 Å². The highest BCUT2D eigenvalue weighted by Crippen LogP contribution is 2.22. The van der Waals surface area contributed by atoms with Crippen molar-refractivity contribution in [2.45, 2.75) is 31.8 Å². The molecule has 1 fully saturated rings. The summed E-state index contributed by atoms with van der Waals surface area (Å²) in [6, 6.07) is 3.89. The van der Waals surface area contributed by atoms with Crippen molar-refractivity contribution < 1.29 is 8.78 Å². The fraction of sp³-hybridized carbons (Fsp3) is 0.538. The first-order valence-corrected chi connectivity index (χ1v) is 6.48.